The first-order valence-corrected chi connectivity index (χ1v) is 16.9. The van der Waals surface area contributed by atoms with Gasteiger partial charge in [0.1, 0.15) is 0 Å². The number of hydrogen-bond acceptors (Lipinski definition) is 2. The molecule has 3 heteroatoms. The van der Waals surface area contributed by atoms with Crippen molar-refractivity contribution in [3.63, 3.8) is 0 Å². The molecular formula is C46H39BN2. The van der Waals surface area contributed by atoms with E-state index in [1.165, 1.54) is 16.6 Å². The van der Waals surface area contributed by atoms with Gasteiger partial charge in [-0.3, -0.25) is 0 Å². The van der Waals surface area contributed by atoms with E-state index in [0.29, 0.717) is 0 Å². The molecule has 1 aliphatic carbocycles. The van der Waals surface area contributed by atoms with Crippen LogP contribution >= 0.6 is 0 Å². The van der Waals surface area contributed by atoms with Crippen molar-refractivity contribution >= 4 is 52.5 Å². The Morgan fingerprint density at radius 1 is 0.633 bits per heavy atom. The Balaban J connectivity index is 1.41. The maximum absolute atomic E-state index is 4.38. The second-order valence-electron chi connectivity index (χ2n) is 12.2. The largest absolute Gasteiger partial charge is 0.312 e. The van der Waals surface area contributed by atoms with Gasteiger partial charge >= 0.3 is 0 Å². The lowest BCUT2D eigenvalue weighted by atomic mass is 9.33. The van der Waals surface area contributed by atoms with Gasteiger partial charge in [-0.25, -0.2) is 0 Å². The topological polar surface area (TPSA) is 6.48 Å². The van der Waals surface area contributed by atoms with Gasteiger partial charge in [-0.05, 0) is 101 Å². The van der Waals surface area contributed by atoms with Crippen molar-refractivity contribution in [2.45, 2.75) is 12.8 Å². The zero-order valence-corrected chi connectivity index (χ0v) is 27.8. The molecule has 236 valence electrons. The molecule has 2 aliphatic rings. The number of rotatable bonds is 10. The van der Waals surface area contributed by atoms with E-state index in [0.717, 1.165) is 69.0 Å². The third-order valence-corrected chi connectivity index (χ3v) is 9.48. The summed E-state index contributed by atoms with van der Waals surface area (Å²) in [6.45, 7) is 17.1. The molecule has 0 fully saturated rings. The molecule has 0 radical (unpaired) electrons. The van der Waals surface area contributed by atoms with Crippen LogP contribution in [0.2, 0.25) is 0 Å². The van der Waals surface area contributed by atoms with E-state index in [1.807, 2.05) is 24.3 Å². The lowest BCUT2D eigenvalue weighted by Crippen LogP contribution is -2.52. The Morgan fingerprint density at radius 3 is 1.98 bits per heavy atom. The van der Waals surface area contributed by atoms with Gasteiger partial charge in [0.25, 0.3) is 0 Å². The van der Waals surface area contributed by atoms with E-state index in [-0.39, 0.29) is 6.71 Å². The summed E-state index contributed by atoms with van der Waals surface area (Å²) in [5.41, 5.74) is 14.5. The maximum Gasteiger partial charge on any atom is 0.248 e. The molecule has 0 N–H and O–H groups in total. The average molecular weight is 631 g/mol. The minimum absolute atomic E-state index is 0.112. The van der Waals surface area contributed by atoms with Gasteiger partial charge in [0, 0.05) is 34.1 Å². The van der Waals surface area contributed by atoms with E-state index < -0.39 is 0 Å². The maximum atomic E-state index is 4.38. The molecule has 7 rings (SSSR count). The number of hydrogen-bond donors (Lipinski definition) is 0. The third-order valence-electron chi connectivity index (χ3n) is 9.48. The van der Waals surface area contributed by atoms with Crippen LogP contribution in [0.5, 0.6) is 0 Å². The van der Waals surface area contributed by atoms with E-state index in [9.17, 15) is 0 Å². The molecule has 1 aliphatic heterocycles. The standard InChI is InChI=1S/C46H39BN2/c1-5-34-28-33-41(35-20-12-9-13-21-35)46(40(34)6-2)47-42(7-3)44(8-4)49(45-27-19-18-26-43(45)47)39-31-29-38(30-32-39)48(36-22-14-10-15-23-36)37-24-16-11-17-25-37/h5-10,12-16,18-33H,1-4,11,17H2. The predicted octanol–water partition coefficient (Wildman–Crippen LogP) is 10.9. The summed E-state index contributed by atoms with van der Waals surface area (Å²) in [5.74, 6) is 0. The van der Waals surface area contributed by atoms with Crippen LogP contribution in [0.15, 0.2) is 195 Å². The van der Waals surface area contributed by atoms with Gasteiger partial charge in [0.2, 0.25) is 6.71 Å². The van der Waals surface area contributed by atoms with Crippen LogP contribution in [-0.4, -0.2) is 6.71 Å². The van der Waals surface area contributed by atoms with Crippen molar-refractivity contribution in [3.8, 4) is 11.1 Å². The van der Waals surface area contributed by atoms with Gasteiger partial charge in [0.05, 0.1) is 0 Å². The molecule has 2 nitrogen and oxygen atoms in total. The van der Waals surface area contributed by atoms with Crippen molar-refractivity contribution in [1.29, 1.82) is 0 Å². The number of benzene rings is 5. The zero-order chi connectivity index (χ0) is 33.7. The monoisotopic (exact) mass is 630 g/mol. The fourth-order valence-corrected chi connectivity index (χ4v) is 7.31. The lowest BCUT2D eigenvalue weighted by Gasteiger charge is -2.38. The summed E-state index contributed by atoms with van der Waals surface area (Å²) in [5, 5.41) is 0. The van der Waals surface area contributed by atoms with E-state index in [4.69, 9.17) is 0 Å². The molecule has 0 amide bonds. The Hall–Kier alpha value is -6.06. The number of allylic oxidation sites excluding steroid dienone is 6. The minimum Gasteiger partial charge on any atom is -0.312 e. The number of para-hydroxylation sites is 2. The molecular weight excluding hydrogens is 591 g/mol. The SMILES string of the molecule is C=CC1=C(C=C)N(c2ccc(N(C3=CCCC=C3)c3ccccc3)cc2)c2ccccc2B1c1c(-c2ccccc2)ccc(C=C)c1C=C. The highest BCUT2D eigenvalue weighted by Gasteiger charge is 2.37. The normalized spacial score (nSPS) is 13.8. The summed E-state index contributed by atoms with van der Waals surface area (Å²) >= 11 is 0. The van der Waals surface area contributed by atoms with E-state index >= 15 is 0 Å². The van der Waals surface area contributed by atoms with Gasteiger partial charge in [0.15, 0.2) is 0 Å². The predicted molar refractivity (Wildman–Crippen MR) is 215 cm³/mol. The number of anilines is 4. The number of nitrogens with zero attached hydrogens (tertiary/aromatic N) is 2. The Bertz CT molecular complexity index is 2140. The van der Waals surface area contributed by atoms with Crippen LogP contribution < -0.4 is 20.7 Å². The highest BCUT2D eigenvalue weighted by molar-refractivity contribution is 6.94. The molecule has 49 heavy (non-hydrogen) atoms. The fraction of sp³-hybridized carbons (Fsp3) is 0.0435. The van der Waals surface area contributed by atoms with Crippen molar-refractivity contribution < 1.29 is 0 Å². The first-order valence-electron chi connectivity index (χ1n) is 16.9. The zero-order valence-electron chi connectivity index (χ0n) is 27.8. The summed E-state index contributed by atoms with van der Waals surface area (Å²) in [7, 11) is 0. The van der Waals surface area contributed by atoms with Crippen molar-refractivity contribution in [2.24, 2.45) is 0 Å². The molecule has 0 atom stereocenters. The highest BCUT2D eigenvalue weighted by Crippen LogP contribution is 2.39. The molecule has 0 unspecified atom stereocenters. The second kappa shape index (κ2) is 14.0. The quantitative estimate of drug-likeness (QED) is 0.142. The van der Waals surface area contributed by atoms with Crippen LogP contribution in [0.1, 0.15) is 24.0 Å². The van der Waals surface area contributed by atoms with Crippen molar-refractivity contribution in [3.05, 3.63) is 206 Å². The van der Waals surface area contributed by atoms with Gasteiger partial charge < -0.3 is 9.80 Å². The molecule has 0 saturated carbocycles. The van der Waals surface area contributed by atoms with Gasteiger partial charge in [-0.2, -0.15) is 0 Å². The van der Waals surface area contributed by atoms with E-state index in [2.05, 4.69) is 176 Å². The summed E-state index contributed by atoms with van der Waals surface area (Å²) in [6.07, 6.45) is 16.8. The van der Waals surface area contributed by atoms with Gasteiger partial charge in [-0.15, -0.1) is 0 Å². The van der Waals surface area contributed by atoms with E-state index in [1.54, 1.807) is 0 Å². The molecule has 0 spiro atoms. The highest BCUT2D eigenvalue weighted by atomic mass is 15.2. The molecule has 0 saturated heterocycles. The van der Waals surface area contributed by atoms with Crippen LogP contribution in [-0.2, 0) is 0 Å². The third kappa shape index (κ3) is 5.74. The molecule has 1 heterocycles. The van der Waals surface area contributed by atoms with Crippen LogP contribution in [0.3, 0.4) is 0 Å². The minimum atomic E-state index is -0.112. The van der Waals surface area contributed by atoms with Crippen molar-refractivity contribution in [1.82, 2.24) is 0 Å². The fourth-order valence-electron chi connectivity index (χ4n) is 7.31. The van der Waals surface area contributed by atoms with Crippen LogP contribution in [0.4, 0.5) is 22.7 Å². The molecule has 0 bridgehead atoms. The molecule has 5 aromatic rings. The Labute approximate surface area is 291 Å². The smallest absolute Gasteiger partial charge is 0.248 e. The molecule has 0 aromatic heterocycles. The second-order valence-corrected chi connectivity index (χ2v) is 12.2. The summed E-state index contributed by atoms with van der Waals surface area (Å²) in [6, 6.07) is 43.1. The summed E-state index contributed by atoms with van der Waals surface area (Å²) in [4.78, 5) is 4.65. The van der Waals surface area contributed by atoms with Crippen LogP contribution in [0, 0.1) is 0 Å². The Morgan fingerprint density at radius 2 is 1.33 bits per heavy atom. The first kappa shape index (κ1) is 31.5. The average Bonchev–Trinajstić information content (AvgIpc) is 3.18. The number of fused-ring (bicyclic) bond motifs is 1. The van der Waals surface area contributed by atoms with Crippen LogP contribution in [0.25, 0.3) is 23.3 Å². The molecule has 5 aromatic carbocycles. The van der Waals surface area contributed by atoms with Crippen molar-refractivity contribution in [2.75, 3.05) is 9.80 Å². The lowest BCUT2D eigenvalue weighted by molar-refractivity contribution is 0.997. The van der Waals surface area contributed by atoms with Gasteiger partial charge in [-0.1, -0.05) is 141 Å². The summed E-state index contributed by atoms with van der Waals surface area (Å²) < 4.78 is 0. The Kier molecular flexibility index (Phi) is 8.99. The first-order chi connectivity index (χ1) is 24.2.